The van der Waals surface area contributed by atoms with E-state index in [0.29, 0.717) is 5.39 Å². The van der Waals surface area contributed by atoms with Crippen LogP contribution in [0.5, 0.6) is 0 Å². The summed E-state index contributed by atoms with van der Waals surface area (Å²) in [6, 6.07) is 0.0290. The van der Waals surface area contributed by atoms with Gasteiger partial charge in [0, 0.05) is 18.4 Å². The van der Waals surface area contributed by atoms with Gasteiger partial charge >= 0.3 is 11.4 Å². The third kappa shape index (κ3) is 1.65. The van der Waals surface area contributed by atoms with E-state index in [4.69, 9.17) is 0 Å². The monoisotopic (exact) mass is 206 g/mol. The molecule has 2 heterocycles. The van der Waals surface area contributed by atoms with Crippen LogP contribution in [-0.2, 0) is 0 Å². The number of aromatic amines is 1. The quantitative estimate of drug-likeness (QED) is 0.715. The fourth-order valence-electron chi connectivity index (χ4n) is 1.31. The van der Waals surface area contributed by atoms with Crippen LogP contribution >= 0.6 is 0 Å². The minimum absolute atomic E-state index is 0.0290. The summed E-state index contributed by atoms with van der Waals surface area (Å²) in [6.45, 7) is 3.77. The molecule has 0 aliphatic heterocycles. The fourth-order valence-corrected chi connectivity index (χ4v) is 1.31. The molecule has 6 nitrogen and oxygen atoms in total. The van der Waals surface area contributed by atoms with Crippen molar-refractivity contribution in [3.05, 3.63) is 33.4 Å². The molecule has 0 aliphatic rings. The van der Waals surface area contributed by atoms with E-state index in [-0.39, 0.29) is 17.4 Å². The number of nitrogens with one attached hydrogen (secondary N) is 1. The van der Waals surface area contributed by atoms with E-state index in [1.54, 1.807) is 6.20 Å². The van der Waals surface area contributed by atoms with Gasteiger partial charge in [-0.2, -0.15) is 4.98 Å². The summed E-state index contributed by atoms with van der Waals surface area (Å²) in [7, 11) is 0. The highest BCUT2D eigenvalue weighted by Gasteiger charge is 2.05. The predicted octanol–water partition coefficient (Wildman–Crippen LogP) is 0.0607. The maximum absolute atomic E-state index is 11.5. The molecule has 0 spiro atoms. The lowest BCUT2D eigenvalue weighted by Crippen LogP contribution is -2.25. The second-order valence-electron chi connectivity index (χ2n) is 3.52. The number of fused-ring (bicyclic) bond motifs is 1. The van der Waals surface area contributed by atoms with Gasteiger partial charge in [-0.05, 0) is 13.8 Å². The molecule has 0 atom stereocenters. The summed E-state index contributed by atoms with van der Waals surface area (Å²) in [5.41, 5.74) is -0.604. The second kappa shape index (κ2) is 3.30. The Bertz CT molecular complexity index is 611. The number of aromatic nitrogens is 4. The molecule has 0 saturated heterocycles. The maximum Gasteiger partial charge on any atom is 0.349 e. The molecule has 0 aromatic carbocycles. The lowest BCUT2D eigenvalue weighted by molar-refractivity contribution is 0.568. The number of H-pyrrole nitrogens is 1. The van der Waals surface area contributed by atoms with Gasteiger partial charge in [0.05, 0.1) is 5.39 Å². The van der Waals surface area contributed by atoms with Crippen molar-refractivity contribution in [2.75, 3.05) is 0 Å². The third-order valence-corrected chi connectivity index (χ3v) is 2.08. The third-order valence-electron chi connectivity index (χ3n) is 2.08. The highest BCUT2D eigenvalue weighted by atomic mass is 16.1. The Labute approximate surface area is 84.6 Å². The van der Waals surface area contributed by atoms with E-state index < -0.39 is 5.69 Å². The topological polar surface area (TPSA) is 80.6 Å². The van der Waals surface area contributed by atoms with E-state index in [9.17, 15) is 9.59 Å². The van der Waals surface area contributed by atoms with Gasteiger partial charge in [0.15, 0.2) is 0 Å². The van der Waals surface area contributed by atoms with Crippen LogP contribution in [0.1, 0.15) is 19.9 Å². The zero-order valence-electron chi connectivity index (χ0n) is 8.39. The number of nitrogens with zero attached hydrogens (tertiary/aromatic N) is 3. The molecule has 0 saturated carbocycles. The first kappa shape index (κ1) is 9.57. The molecular formula is C9H10N4O2. The van der Waals surface area contributed by atoms with Crippen LogP contribution in [0.15, 0.2) is 22.0 Å². The molecule has 1 N–H and O–H groups in total. The Kier molecular flexibility index (Phi) is 2.11. The average Bonchev–Trinajstić information content (AvgIpc) is 2.15. The normalized spacial score (nSPS) is 11.1. The van der Waals surface area contributed by atoms with Gasteiger partial charge in [-0.25, -0.2) is 14.6 Å². The molecule has 0 bridgehead atoms. The fraction of sp³-hybridized carbons (Fsp3) is 0.333. The molecule has 0 fully saturated rings. The molecular weight excluding hydrogens is 196 g/mol. The standard InChI is InChI=1S/C9H10N4O2/c1-5(2)13-4-6-3-10-8(14)11-7(6)12-9(13)15/h3-5H,1-2H3,(H,11,12,14,15). The van der Waals surface area contributed by atoms with Crippen molar-refractivity contribution < 1.29 is 0 Å². The molecule has 0 unspecified atom stereocenters. The van der Waals surface area contributed by atoms with E-state index >= 15 is 0 Å². The van der Waals surface area contributed by atoms with Crippen molar-refractivity contribution in [1.29, 1.82) is 0 Å². The van der Waals surface area contributed by atoms with Gasteiger partial charge in [0.25, 0.3) is 0 Å². The molecule has 78 valence electrons. The highest BCUT2D eigenvalue weighted by Crippen LogP contribution is 2.05. The summed E-state index contributed by atoms with van der Waals surface area (Å²) in [5.74, 6) is 0. The molecule has 15 heavy (non-hydrogen) atoms. The molecule has 2 aromatic heterocycles. The summed E-state index contributed by atoms with van der Waals surface area (Å²) < 4.78 is 1.49. The van der Waals surface area contributed by atoms with Crippen molar-refractivity contribution >= 4 is 11.0 Å². The Morgan fingerprint density at radius 2 is 2.13 bits per heavy atom. The van der Waals surface area contributed by atoms with E-state index in [1.165, 1.54) is 10.8 Å². The van der Waals surface area contributed by atoms with Gasteiger partial charge in [-0.3, -0.25) is 9.55 Å². The Morgan fingerprint density at radius 1 is 1.40 bits per heavy atom. The summed E-state index contributed by atoms with van der Waals surface area (Å²) in [4.78, 5) is 32.1. The number of hydrogen-bond acceptors (Lipinski definition) is 4. The molecule has 0 radical (unpaired) electrons. The van der Waals surface area contributed by atoms with Crippen LogP contribution in [0.3, 0.4) is 0 Å². The van der Waals surface area contributed by atoms with Crippen LogP contribution < -0.4 is 11.4 Å². The van der Waals surface area contributed by atoms with Crippen molar-refractivity contribution in [2.24, 2.45) is 0 Å². The molecule has 2 aromatic rings. The first-order valence-corrected chi connectivity index (χ1v) is 4.56. The zero-order chi connectivity index (χ0) is 11.0. The van der Waals surface area contributed by atoms with Gasteiger partial charge in [0.1, 0.15) is 5.65 Å². The summed E-state index contributed by atoms with van der Waals surface area (Å²) in [5, 5.41) is 0.642. The average molecular weight is 206 g/mol. The van der Waals surface area contributed by atoms with Crippen molar-refractivity contribution in [3.63, 3.8) is 0 Å². The number of rotatable bonds is 1. The molecule has 2 rings (SSSR count). The van der Waals surface area contributed by atoms with Crippen LogP contribution in [0.25, 0.3) is 11.0 Å². The van der Waals surface area contributed by atoms with E-state index in [0.717, 1.165) is 0 Å². The van der Waals surface area contributed by atoms with Crippen molar-refractivity contribution in [3.8, 4) is 0 Å². The van der Waals surface area contributed by atoms with Crippen LogP contribution in [0.2, 0.25) is 0 Å². The number of hydrogen-bond donors (Lipinski definition) is 1. The van der Waals surface area contributed by atoms with Crippen molar-refractivity contribution in [2.45, 2.75) is 19.9 Å². The van der Waals surface area contributed by atoms with Gasteiger partial charge in [0.2, 0.25) is 0 Å². The van der Waals surface area contributed by atoms with Crippen LogP contribution in [-0.4, -0.2) is 19.5 Å². The summed E-state index contributed by atoms with van der Waals surface area (Å²) in [6.07, 6.45) is 3.04. The maximum atomic E-state index is 11.5. The lowest BCUT2D eigenvalue weighted by atomic mass is 10.3. The predicted molar refractivity (Wildman–Crippen MR) is 54.8 cm³/mol. The minimum Gasteiger partial charge on any atom is -0.296 e. The Hall–Kier alpha value is -1.98. The van der Waals surface area contributed by atoms with Gasteiger partial charge < -0.3 is 0 Å². The van der Waals surface area contributed by atoms with Crippen molar-refractivity contribution in [1.82, 2.24) is 19.5 Å². The first-order valence-electron chi connectivity index (χ1n) is 4.56. The van der Waals surface area contributed by atoms with Crippen LogP contribution in [0, 0.1) is 0 Å². The van der Waals surface area contributed by atoms with Gasteiger partial charge in [-0.15, -0.1) is 0 Å². The molecule has 0 aliphatic carbocycles. The van der Waals surface area contributed by atoms with Crippen LogP contribution in [0.4, 0.5) is 0 Å². The van der Waals surface area contributed by atoms with Gasteiger partial charge in [-0.1, -0.05) is 0 Å². The largest absolute Gasteiger partial charge is 0.349 e. The van der Waals surface area contributed by atoms with E-state index in [2.05, 4.69) is 15.0 Å². The first-order chi connectivity index (χ1) is 7.08. The van der Waals surface area contributed by atoms with E-state index in [1.807, 2.05) is 13.8 Å². The second-order valence-corrected chi connectivity index (χ2v) is 3.52. The zero-order valence-corrected chi connectivity index (χ0v) is 8.39. The molecule has 6 heteroatoms. The minimum atomic E-state index is -0.503. The highest BCUT2D eigenvalue weighted by molar-refractivity contribution is 5.71. The molecule has 0 amide bonds. The Balaban J connectivity index is 2.82. The Morgan fingerprint density at radius 3 is 2.80 bits per heavy atom. The summed E-state index contributed by atoms with van der Waals surface area (Å²) >= 11 is 0. The smallest absolute Gasteiger partial charge is 0.296 e. The SMILES string of the molecule is CC(C)n1cc2cnc(=O)[nH]c2nc1=O. The lowest BCUT2D eigenvalue weighted by Gasteiger charge is -2.08.